The van der Waals surface area contributed by atoms with Crippen molar-refractivity contribution in [2.45, 2.75) is 52.1 Å². The number of carbonyl (C=O) groups is 2. The first-order chi connectivity index (χ1) is 17.2. The molecule has 1 fully saturated rings. The highest BCUT2D eigenvalue weighted by Gasteiger charge is 2.21. The molecule has 0 aromatic heterocycles. The number of unbranched alkanes of at least 4 members (excludes halogenated alkanes) is 2. The molecule has 0 saturated carbocycles. The van der Waals surface area contributed by atoms with Crippen LogP contribution in [0.2, 0.25) is 0 Å². The summed E-state index contributed by atoms with van der Waals surface area (Å²) < 4.78 is 28.9. The van der Waals surface area contributed by atoms with E-state index in [0.717, 1.165) is 5.56 Å². The van der Waals surface area contributed by atoms with E-state index in [1.54, 1.807) is 62.4 Å². The fourth-order valence-electron chi connectivity index (χ4n) is 3.31. The first-order valence-electron chi connectivity index (χ1n) is 12.7. The monoisotopic (exact) mass is 465 g/mol. The average Bonchev–Trinajstić information content (AvgIpc) is 2.80. The molecular weight excluding hydrogens is 430 g/mol. The normalized spacial score (nSPS) is 14.3. The van der Waals surface area contributed by atoms with Gasteiger partial charge in [-0.3, -0.25) is 9.59 Å². The molecule has 2 aromatic carbocycles. The van der Waals surface area contributed by atoms with E-state index in [0.29, 0.717) is 50.4 Å². The number of aliphatic carboxylic acids is 1. The quantitative estimate of drug-likeness (QED) is 0.383. The Balaban J connectivity index is 1.74. The Labute approximate surface area is 204 Å². The maximum atomic E-state index is 13.5. The second kappa shape index (κ2) is 12.8. The molecule has 0 aliphatic carbocycles. The minimum Gasteiger partial charge on any atom is -0.493 e. The number of carbonyl (C=O) groups excluding carboxylic acids is 1. The van der Waals surface area contributed by atoms with Crippen LogP contribution in [0, 0.1) is 17.8 Å². The van der Waals surface area contributed by atoms with E-state index in [-0.39, 0.29) is 17.9 Å². The van der Waals surface area contributed by atoms with Gasteiger partial charge in [-0.1, -0.05) is 30.0 Å². The summed E-state index contributed by atoms with van der Waals surface area (Å²) in [6.07, 6.45) is 2.04. The van der Waals surface area contributed by atoms with Gasteiger partial charge in [-0.2, -0.15) is 0 Å². The number of amides is 1. The first-order valence-corrected chi connectivity index (χ1v) is 11.7. The fourth-order valence-corrected chi connectivity index (χ4v) is 3.31. The maximum Gasteiger partial charge on any atom is 0.303 e. The summed E-state index contributed by atoms with van der Waals surface area (Å²) in [4.78, 5) is 25.4. The molecule has 2 aromatic rings. The summed E-state index contributed by atoms with van der Waals surface area (Å²) in [5.41, 5.74) is 1.43. The van der Waals surface area contributed by atoms with Crippen molar-refractivity contribution in [3.8, 4) is 17.6 Å². The van der Waals surface area contributed by atoms with E-state index < -0.39 is 24.4 Å². The molecule has 1 heterocycles. The lowest BCUT2D eigenvalue weighted by atomic mass is 10.1. The molecule has 6 heteroatoms. The highest BCUT2D eigenvalue weighted by molar-refractivity contribution is 5.94. The van der Waals surface area contributed by atoms with Crippen molar-refractivity contribution >= 4 is 11.9 Å². The van der Waals surface area contributed by atoms with Crippen LogP contribution in [0.3, 0.4) is 0 Å². The molecule has 180 valence electrons. The molecular formula is C28H33NO5. The van der Waals surface area contributed by atoms with Crippen molar-refractivity contribution in [1.82, 2.24) is 4.90 Å². The molecule has 1 aliphatic rings. The third kappa shape index (κ3) is 7.64. The van der Waals surface area contributed by atoms with Crippen LogP contribution in [-0.2, 0) is 16.0 Å². The van der Waals surface area contributed by atoms with Gasteiger partial charge in [-0.25, -0.2) is 0 Å². The zero-order valence-electron chi connectivity index (χ0n) is 21.8. The van der Waals surface area contributed by atoms with E-state index >= 15 is 0 Å². The Hall–Kier alpha value is -3.30. The number of carboxylic acids is 1. The van der Waals surface area contributed by atoms with Gasteiger partial charge in [0, 0.05) is 35.6 Å². The Morgan fingerprint density at radius 3 is 2.53 bits per heavy atom. The lowest BCUT2D eigenvalue weighted by Gasteiger charge is -2.28. The molecule has 1 N–H and O–H groups in total. The van der Waals surface area contributed by atoms with Gasteiger partial charge in [-0.15, -0.1) is 0 Å². The second-order valence-electron chi connectivity index (χ2n) is 8.51. The highest BCUT2D eigenvalue weighted by atomic mass is 16.5. The molecule has 1 saturated heterocycles. The molecule has 34 heavy (non-hydrogen) atoms. The summed E-state index contributed by atoms with van der Waals surface area (Å²) in [6.45, 7) is 3.06. The highest BCUT2D eigenvalue weighted by Crippen LogP contribution is 2.23. The predicted octanol–water partition coefficient (Wildman–Crippen LogP) is 4.76. The van der Waals surface area contributed by atoms with E-state index in [9.17, 15) is 9.59 Å². The number of hydrogen-bond donors (Lipinski definition) is 1. The lowest BCUT2D eigenvalue weighted by Crippen LogP contribution is -2.36. The van der Waals surface area contributed by atoms with Gasteiger partial charge in [0.25, 0.3) is 5.91 Å². The Bertz CT molecular complexity index is 1100. The lowest BCUT2D eigenvalue weighted by molar-refractivity contribution is -0.137. The Morgan fingerprint density at radius 1 is 1.15 bits per heavy atom. The van der Waals surface area contributed by atoms with Crippen LogP contribution >= 0.6 is 0 Å². The van der Waals surface area contributed by atoms with Gasteiger partial charge in [-0.05, 0) is 63.4 Å². The molecule has 1 aliphatic heterocycles. The van der Waals surface area contributed by atoms with Crippen LogP contribution in [0.15, 0.2) is 48.5 Å². The van der Waals surface area contributed by atoms with Crippen molar-refractivity contribution < 1.29 is 26.9 Å². The summed E-state index contributed by atoms with van der Waals surface area (Å²) in [7, 11) is 0. The number of benzene rings is 2. The van der Waals surface area contributed by atoms with Gasteiger partial charge in [0.15, 0.2) is 0 Å². The average molecular weight is 466 g/mol. The number of para-hydroxylation sites is 1. The van der Waals surface area contributed by atoms with Gasteiger partial charge >= 0.3 is 5.97 Å². The number of ether oxygens (including phenoxy) is 2. The standard InChI is InChI=1S/C28H33NO5/c1-21(2)29(28(32)24-15-13-22(14-16-24)11-12-23-19-33-20-23)18-25-8-5-6-9-26(25)34-17-7-3-4-10-27(30)31/h5-6,8-9,13-16,21,23H,3-4,7,10,17-20H2,1-2H3,(H,30,31)/i18D2. The van der Waals surface area contributed by atoms with Gasteiger partial charge in [0.1, 0.15) is 5.75 Å². The van der Waals surface area contributed by atoms with Crippen molar-refractivity contribution in [2.75, 3.05) is 19.8 Å². The SMILES string of the molecule is [2H]C([2H])(c1ccccc1OCCCCCC(=O)O)N(C(=O)c1ccc(C#CC2COC2)cc1)C(C)C. The molecule has 0 unspecified atom stereocenters. The summed E-state index contributed by atoms with van der Waals surface area (Å²) in [5.74, 6) is 5.60. The van der Waals surface area contributed by atoms with Gasteiger partial charge < -0.3 is 19.5 Å². The van der Waals surface area contributed by atoms with Crippen molar-refractivity contribution in [1.29, 1.82) is 0 Å². The molecule has 0 bridgehead atoms. The minimum atomic E-state index is -2.13. The van der Waals surface area contributed by atoms with Gasteiger partial charge in [0.2, 0.25) is 0 Å². The zero-order valence-corrected chi connectivity index (χ0v) is 19.8. The van der Waals surface area contributed by atoms with Crippen LogP contribution in [0.5, 0.6) is 5.75 Å². The van der Waals surface area contributed by atoms with Crippen LogP contribution in [-0.4, -0.2) is 47.7 Å². The smallest absolute Gasteiger partial charge is 0.303 e. The molecule has 0 radical (unpaired) electrons. The third-order valence-corrected chi connectivity index (χ3v) is 5.35. The fraction of sp³-hybridized carbons (Fsp3) is 0.429. The maximum absolute atomic E-state index is 13.5. The van der Waals surface area contributed by atoms with E-state index in [4.69, 9.17) is 17.3 Å². The number of rotatable bonds is 11. The van der Waals surface area contributed by atoms with Crippen molar-refractivity contribution in [2.24, 2.45) is 5.92 Å². The van der Waals surface area contributed by atoms with E-state index in [1.807, 2.05) is 0 Å². The van der Waals surface area contributed by atoms with Crippen LogP contribution in [0.25, 0.3) is 0 Å². The van der Waals surface area contributed by atoms with Crippen LogP contribution < -0.4 is 4.74 Å². The molecule has 3 rings (SSSR count). The molecule has 0 atom stereocenters. The Kier molecular flexibility index (Phi) is 8.47. The minimum absolute atomic E-state index is 0.119. The summed E-state index contributed by atoms with van der Waals surface area (Å²) in [5, 5.41) is 8.75. The second-order valence-corrected chi connectivity index (χ2v) is 8.51. The number of nitrogens with zero attached hydrogens (tertiary/aromatic N) is 1. The first kappa shape index (κ1) is 22.5. The van der Waals surface area contributed by atoms with Crippen molar-refractivity contribution in [3.05, 3.63) is 65.2 Å². The molecule has 1 amide bonds. The van der Waals surface area contributed by atoms with Gasteiger partial charge in [0.05, 0.1) is 28.5 Å². The zero-order chi connectivity index (χ0) is 26.1. The topological polar surface area (TPSA) is 76.1 Å². The summed E-state index contributed by atoms with van der Waals surface area (Å²) >= 11 is 0. The van der Waals surface area contributed by atoms with Crippen molar-refractivity contribution in [3.63, 3.8) is 0 Å². The van der Waals surface area contributed by atoms with Crippen LogP contribution in [0.4, 0.5) is 0 Å². The molecule has 6 nitrogen and oxygen atoms in total. The number of carboxylic acid groups (broad SMARTS) is 1. The van der Waals surface area contributed by atoms with E-state index in [2.05, 4.69) is 11.8 Å². The largest absolute Gasteiger partial charge is 0.493 e. The molecule has 0 spiro atoms. The summed E-state index contributed by atoms with van der Waals surface area (Å²) in [6, 6.07) is 13.3. The third-order valence-electron chi connectivity index (χ3n) is 5.35. The Morgan fingerprint density at radius 2 is 1.88 bits per heavy atom. The predicted molar refractivity (Wildman–Crippen MR) is 131 cm³/mol. The van der Waals surface area contributed by atoms with E-state index in [1.165, 1.54) is 4.90 Å². The number of hydrogen-bond acceptors (Lipinski definition) is 4. The van der Waals surface area contributed by atoms with Crippen LogP contribution in [0.1, 0.15) is 63.8 Å².